The van der Waals surface area contributed by atoms with Gasteiger partial charge in [-0.25, -0.2) is 4.98 Å². The average Bonchev–Trinajstić information content (AvgIpc) is 3.25. The van der Waals surface area contributed by atoms with Crippen molar-refractivity contribution in [2.45, 2.75) is 51.2 Å². The molecule has 2 heterocycles. The number of aryl methyl sites for hydroxylation is 1. The van der Waals surface area contributed by atoms with Gasteiger partial charge in [-0.1, -0.05) is 12.8 Å². The third-order valence-corrected chi connectivity index (χ3v) is 6.94. The number of fused-ring (bicyclic) bond motifs is 2. The van der Waals surface area contributed by atoms with Crippen molar-refractivity contribution >= 4 is 17.2 Å². The van der Waals surface area contributed by atoms with Gasteiger partial charge in [0, 0.05) is 37.1 Å². The minimum atomic E-state index is -0.00179. The summed E-state index contributed by atoms with van der Waals surface area (Å²) < 4.78 is 6.01. The number of aromatic nitrogens is 1. The van der Waals surface area contributed by atoms with Crippen LogP contribution in [-0.2, 0) is 4.74 Å². The van der Waals surface area contributed by atoms with Gasteiger partial charge in [0.05, 0.1) is 17.3 Å². The quantitative estimate of drug-likeness (QED) is 0.809. The molecule has 3 atom stereocenters. The third kappa shape index (κ3) is 2.51. The molecule has 1 aliphatic heterocycles. The van der Waals surface area contributed by atoms with Gasteiger partial charge in [0.1, 0.15) is 4.88 Å². The Kier molecular flexibility index (Phi) is 4.15. The van der Waals surface area contributed by atoms with Crippen LogP contribution in [0.1, 0.15) is 47.5 Å². The van der Waals surface area contributed by atoms with Crippen LogP contribution in [0.25, 0.3) is 0 Å². The van der Waals surface area contributed by atoms with Crippen LogP contribution in [0.5, 0.6) is 0 Å². The number of carbonyl (C=O) groups excluding carboxylic acids is 1. The number of nitrogens with one attached hydrogen (secondary N) is 2. The second-order valence-corrected chi connectivity index (χ2v) is 7.99. The first kappa shape index (κ1) is 15.5. The topological polar surface area (TPSA) is 63.2 Å². The van der Waals surface area contributed by atoms with Gasteiger partial charge in [0.2, 0.25) is 0 Å². The number of carbonyl (C=O) groups is 1. The molecule has 1 spiro atoms. The van der Waals surface area contributed by atoms with Gasteiger partial charge in [-0.15, -0.1) is 11.3 Å². The van der Waals surface area contributed by atoms with E-state index in [-0.39, 0.29) is 5.91 Å². The average molecular weight is 335 g/mol. The Hall–Kier alpha value is -0.980. The molecule has 3 fully saturated rings. The highest BCUT2D eigenvalue weighted by molar-refractivity contribution is 7.11. The molecule has 2 N–H and O–H groups in total. The van der Waals surface area contributed by atoms with Gasteiger partial charge >= 0.3 is 0 Å². The van der Waals surface area contributed by atoms with E-state index >= 15 is 0 Å². The zero-order chi connectivity index (χ0) is 15.9. The minimum Gasteiger partial charge on any atom is -0.377 e. The molecule has 0 radical (unpaired) electrons. The first-order valence-corrected chi connectivity index (χ1v) is 9.63. The molecule has 2 aliphatic carbocycles. The lowest BCUT2D eigenvalue weighted by Gasteiger charge is -2.57. The van der Waals surface area contributed by atoms with Crippen molar-refractivity contribution in [2.75, 3.05) is 19.7 Å². The summed E-state index contributed by atoms with van der Waals surface area (Å²) in [5.41, 5.74) is 2.93. The molecule has 0 aromatic carbocycles. The van der Waals surface area contributed by atoms with Crippen molar-refractivity contribution < 1.29 is 9.53 Å². The predicted molar refractivity (Wildman–Crippen MR) is 89.7 cm³/mol. The molecule has 1 aromatic heterocycles. The molecule has 1 saturated heterocycles. The van der Waals surface area contributed by atoms with Gasteiger partial charge < -0.3 is 15.4 Å². The molecule has 4 rings (SSSR count). The fourth-order valence-corrected chi connectivity index (χ4v) is 5.73. The fourth-order valence-electron chi connectivity index (χ4n) is 5.01. The summed E-state index contributed by atoms with van der Waals surface area (Å²) in [5.74, 6) is 0.686. The van der Waals surface area contributed by atoms with Gasteiger partial charge in [0.25, 0.3) is 5.91 Å². The second-order valence-electron chi connectivity index (χ2n) is 7.14. The maximum absolute atomic E-state index is 12.1. The molecule has 5 nitrogen and oxygen atoms in total. The zero-order valence-corrected chi connectivity index (χ0v) is 14.5. The molecular weight excluding hydrogens is 310 g/mol. The molecule has 2 saturated carbocycles. The van der Waals surface area contributed by atoms with E-state index in [0.717, 1.165) is 23.7 Å². The summed E-state index contributed by atoms with van der Waals surface area (Å²) in [6, 6.07) is 0.583. The Balaban J connectivity index is 1.28. The Bertz CT molecular complexity index is 582. The van der Waals surface area contributed by atoms with Crippen molar-refractivity contribution in [2.24, 2.45) is 11.3 Å². The van der Waals surface area contributed by atoms with Crippen LogP contribution in [0.15, 0.2) is 5.51 Å². The number of rotatable bonds is 5. The van der Waals surface area contributed by atoms with Crippen molar-refractivity contribution in [3.63, 3.8) is 0 Å². The van der Waals surface area contributed by atoms with Crippen LogP contribution in [0.2, 0.25) is 0 Å². The van der Waals surface area contributed by atoms with E-state index in [2.05, 4.69) is 15.6 Å². The molecule has 6 heteroatoms. The summed E-state index contributed by atoms with van der Waals surface area (Å²) in [6.45, 7) is 4.30. The third-order valence-electron chi connectivity index (χ3n) is 6.01. The number of hydrogen-bond acceptors (Lipinski definition) is 5. The van der Waals surface area contributed by atoms with Crippen LogP contribution >= 0.6 is 11.3 Å². The Morgan fingerprint density at radius 1 is 1.43 bits per heavy atom. The first-order valence-electron chi connectivity index (χ1n) is 8.76. The first-order chi connectivity index (χ1) is 11.2. The highest BCUT2D eigenvalue weighted by atomic mass is 32.1. The van der Waals surface area contributed by atoms with Gasteiger partial charge in [-0.05, 0) is 26.2 Å². The SMILES string of the molecule is Cc1ncsc1C(=O)NCCNC1C2CCOC2C12CCCC2. The summed E-state index contributed by atoms with van der Waals surface area (Å²) in [4.78, 5) is 17.0. The monoisotopic (exact) mass is 335 g/mol. The standard InChI is InChI=1S/C17H25N3O2S/c1-11-13(23-10-20-11)16(21)19-8-7-18-14-12-4-9-22-15(12)17(14)5-2-3-6-17/h10,12,14-15,18H,2-9H2,1H3,(H,19,21). The number of ether oxygens (including phenoxy) is 1. The van der Waals surface area contributed by atoms with Crippen molar-refractivity contribution in [3.05, 3.63) is 16.1 Å². The van der Waals surface area contributed by atoms with E-state index in [4.69, 9.17) is 4.74 Å². The summed E-state index contributed by atoms with van der Waals surface area (Å²) >= 11 is 1.41. The summed E-state index contributed by atoms with van der Waals surface area (Å²) in [5, 5.41) is 6.74. The van der Waals surface area contributed by atoms with Crippen LogP contribution in [0.4, 0.5) is 0 Å². The highest BCUT2D eigenvalue weighted by Crippen LogP contribution is 2.60. The number of hydrogen-bond donors (Lipinski definition) is 2. The van der Waals surface area contributed by atoms with Gasteiger partial charge in [-0.3, -0.25) is 4.79 Å². The maximum Gasteiger partial charge on any atom is 0.263 e. The Morgan fingerprint density at radius 2 is 2.26 bits per heavy atom. The van der Waals surface area contributed by atoms with Crippen LogP contribution in [0.3, 0.4) is 0 Å². The number of amides is 1. The van der Waals surface area contributed by atoms with E-state index in [0.29, 0.717) is 30.0 Å². The van der Waals surface area contributed by atoms with Crippen LogP contribution < -0.4 is 10.6 Å². The van der Waals surface area contributed by atoms with Crippen molar-refractivity contribution in [1.82, 2.24) is 15.6 Å². The largest absolute Gasteiger partial charge is 0.377 e. The predicted octanol–water partition coefficient (Wildman–Crippen LogP) is 2.12. The van der Waals surface area contributed by atoms with Crippen molar-refractivity contribution in [3.8, 4) is 0 Å². The molecule has 3 aliphatic rings. The number of nitrogens with zero attached hydrogens (tertiary/aromatic N) is 1. The molecule has 126 valence electrons. The lowest BCUT2D eigenvalue weighted by molar-refractivity contribution is -0.130. The fraction of sp³-hybridized carbons (Fsp3) is 0.765. The summed E-state index contributed by atoms with van der Waals surface area (Å²) in [6.07, 6.45) is 6.97. The van der Waals surface area contributed by atoms with E-state index in [1.165, 1.54) is 43.4 Å². The molecule has 1 amide bonds. The Morgan fingerprint density at radius 3 is 3.00 bits per heavy atom. The zero-order valence-electron chi connectivity index (χ0n) is 13.6. The van der Waals surface area contributed by atoms with Crippen LogP contribution in [-0.4, -0.2) is 42.7 Å². The van der Waals surface area contributed by atoms with E-state index in [1.54, 1.807) is 5.51 Å². The van der Waals surface area contributed by atoms with E-state index in [9.17, 15) is 4.79 Å². The number of thiazole rings is 1. The molecule has 23 heavy (non-hydrogen) atoms. The second kappa shape index (κ2) is 6.15. The Labute approximate surface area is 141 Å². The normalized spacial score (nSPS) is 31.1. The molecule has 3 unspecified atom stereocenters. The molecule has 0 bridgehead atoms. The highest BCUT2D eigenvalue weighted by Gasteiger charge is 2.64. The summed E-state index contributed by atoms with van der Waals surface area (Å²) in [7, 11) is 0. The molecule has 1 aromatic rings. The van der Waals surface area contributed by atoms with Crippen molar-refractivity contribution in [1.29, 1.82) is 0 Å². The smallest absolute Gasteiger partial charge is 0.263 e. The van der Waals surface area contributed by atoms with E-state index < -0.39 is 0 Å². The maximum atomic E-state index is 12.1. The minimum absolute atomic E-state index is 0.00179. The lowest BCUT2D eigenvalue weighted by Crippen LogP contribution is -2.67. The van der Waals surface area contributed by atoms with Gasteiger partial charge in [0.15, 0.2) is 0 Å². The van der Waals surface area contributed by atoms with Crippen LogP contribution in [0, 0.1) is 18.3 Å². The van der Waals surface area contributed by atoms with E-state index in [1.807, 2.05) is 6.92 Å². The lowest BCUT2D eigenvalue weighted by atomic mass is 9.54. The molecular formula is C17H25N3O2S. The van der Waals surface area contributed by atoms with Gasteiger partial charge in [-0.2, -0.15) is 0 Å².